The quantitative estimate of drug-likeness (QED) is 0.128. The summed E-state index contributed by atoms with van der Waals surface area (Å²) in [5, 5.41) is 28.2. The number of carbonyl (C=O) groups is 3. The maximum Gasteiger partial charge on any atom is 0.235 e. The van der Waals surface area contributed by atoms with Gasteiger partial charge in [0.2, 0.25) is 5.91 Å². The number of nitrogens with one attached hydrogen (secondary N) is 2. The summed E-state index contributed by atoms with van der Waals surface area (Å²) in [6, 6.07) is 7.81. The number of benzene rings is 1. The van der Waals surface area contributed by atoms with E-state index in [2.05, 4.69) is 42.4 Å². The Morgan fingerprint density at radius 3 is 2.62 bits per heavy atom. The van der Waals surface area contributed by atoms with Gasteiger partial charge in [0, 0.05) is 59.2 Å². The minimum atomic E-state index is -1.43. The molecule has 15 atom stereocenters. The molecule has 292 valence electrons. The lowest BCUT2D eigenvalue weighted by Gasteiger charge is -2.47. The van der Waals surface area contributed by atoms with E-state index >= 15 is 4.79 Å². The number of H-pyrrole nitrogens is 1. The van der Waals surface area contributed by atoms with Gasteiger partial charge >= 0.3 is 0 Å². The number of rotatable bonds is 5. The van der Waals surface area contributed by atoms with Crippen molar-refractivity contribution in [2.45, 2.75) is 96.4 Å². The van der Waals surface area contributed by atoms with Gasteiger partial charge in [-0.1, -0.05) is 86.7 Å². The van der Waals surface area contributed by atoms with Crippen LogP contribution >= 0.6 is 0 Å². The number of carbonyl (C=O) groups excluding carboxylic acids is 3. The van der Waals surface area contributed by atoms with E-state index in [1.807, 2.05) is 80.8 Å². The molecule has 2 aromatic rings. The van der Waals surface area contributed by atoms with Gasteiger partial charge in [0.05, 0.1) is 30.5 Å². The highest BCUT2D eigenvalue weighted by Gasteiger charge is 2.78. The number of para-hydroxylation sites is 1. The Morgan fingerprint density at radius 1 is 1.04 bits per heavy atom. The van der Waals surface area contributed by atoms with Gasteiger partial charge in [0.15, 0.2) is 5.78 Å². The normalized spacial score (nSPS) is 43.2. The zero-order chi connectivity index (χ0) is 38.8. The van der Waals surface area contributed by atoms with Crippen LogP contribution in [0.3, 0.4) is 0 Å². The fourth-order valence-electron chi connectivity index (χ4n) is 11.4. The summed E-state index contributed by atoms with van der Waals surface area (Å²) < 4.78 is 12.8. The molecule has 9 heteroatoms. The Labute approximate surface area is 324 Å². The molecule has 1 spiro atoms. The Balaban J connectivity index is 1.21. The SMILES string of the molecule is C/C=C/C=C/[C@@H]1CO[C@H]([C@@H]2C=CC[C@@H]3CC(=O)[C@@]45C(=O)N[C@@H](Cc6c[nH]c7ccccc67)[C@@H]4[C@H](C)[C@@]4(C)O[C@H]4[C@@H]5C=CC[C@H](C)C=C(C)C(=O)[C@@H](O)C32)[C@H]1O. The molecule has 3 aliphatic carbocycles. The monoisotopic (exact) mass is 748 g/mol. The first kappa shape index (κ1) is 38.0. The first-order valence-electron chi connectivity index (χ1n) is 20.3. The second-order valence-corrected chi connectivity index (χ2v) is 17.4. The lowest BCUT2D eigenvalue weighted by molar-refractivity contribution is -0.150. The number of Topliss-reactive ketones (excluding diaryl/α,β-unsaturated/α-hetero) is 2. The molecular formula is C46H56N2O7. The van der Waals surface area contributed by atoms with Crippen molar-refractivity contribution in [3.05, 3.63) is 96.3 Å². The zero-order valence-corrected chi connectivity index (χ0v) is 32.6. The summed E-state index contributed by atoms with van der Waals surface area (Å²) in [7, 11) is 0. The molecule has 4 heterocycles. The topological polar surface area (TPSA) is 141 Å². The van der Waals surface area contributed by atoms with Crippen LogP contribution in [-0.2, 0) is 30.3 Å². The van der Waals surface area contributed by atoms with Gasteiger partial charge in [-0.2, -0.15) is 0 Å². The van der Waals surface area contributed by atoms with Crippen LogP contribution in [0.4, 0.5) is 0 Å². The molecule has 3 aliphatic heterocycles. The van der Waals surface area contributed by atoms with Crippen LogP contribution in [0, 0.1) is 52.8 Å². The van der Waals surface area contributed by atoms with Crippen LogP contribution < -0.4 is 5.32 Å². The number of aliphatic hydroxyl groups is 2. The molecule has 1 saturated carbocycles. The maximum atomic E-state index is 15.6. The fraction of sp³-hybridized carbons (Fsp3) is 0.543. The van der Waals surface area contributed by atoms with Gasteiger partial charge in [-0.25, -0.2) is 0 Å². The molecular weight excluding hydrogens is 693 g/mol. The molecule has 1 aromatic heterocycles. The van der Waals surface area contributed by atoms with E-state index in [1.165, 1.54) is 0 Å². The van der Waals surface area contributed by atoms with E-state index in [9.17, 15) is 19.8 Å². The standard InChI is InChI=1S/C46H56N2O7/c1-6-7-8-14-29-24-54-42(40(29)51)32-17-12-15-28-22-36(49)46-33(18-11-13-25(2)20-26(3)39(50)41(52)37(28)32)43-45(5,55-43)27(4)38(46)35(48-44(46)53)21-30-23-47-34-19-10-9-16-31(30)34/h6-12,14,16-20,23,25,27-29,32-33,35,37-38,40-43,47,51-52H,13,15,21-22,24H2,1-5H3,(H,48,53)/b7-6+,14-8+,18-11?,26-20?/t25-,27-,28+,29+,32+,33-,35-,37?,38-,40-,41-,42+,43-,45+,46+/m0/s1. The van der Waals surface area contributed by atoms with Crippen LogP contribution in [0.2, 0.25) is 0 Å². The smallest absolute Gasteiger partial charge is 0.235 e. The summed E-state index contributed by atoms with van der Waals surface area (Å²) in [6.07, 6.45) is 17.9. The number of fused-ring (bicyclic) bond motifs is 4. The first-order chi connectivity index (χ1) is 26.4. The van der Waals surface area contributed by atoms with E-state index in [0.717, 1.165) is 16.5 Å². The third kappa shape index (κ3) is 6.17. The van der Waals surface area contributed by atoms with Crippen LogP contribution in [0.5, 0.6) is 0 Å². The molecule has 8 rings (SSSR count). The average molecular weight is 749 g/mol. The number of epoxide rings is 1. The summed E-state index contributed by atoms with van der Waals surface area (Å²) in [4.78, 5) is 48.1. The number of amides is 1. The van der Waals surface area contributed by atoms with Crippen molar-refractivity contribution in [1.82, 2.24) is 10.3 Å². The first-order valence-corrected chi connectivity index (χ1v) is 20.3. The van der Waals surface area contributed by atoms with Crippen molar-refractivity contribution >= 4 is 28.4 Å². The van der Waals surface area contributed by atoms with Gasteiger partial charge in [-0.15, -0.1) is 0 Å². The largest absolute Gasteiger partial charge is 0.390 e. The Morgan fingerprint density at radius 2 is 1.82 bits per heavy atom. The Bertz CT molecular complexity index is 1990. The zero-order valence-electron chi connectivity index (χ0n) is 32.6. The number of hydrogen-bond acceptors (Lipinski definition) is 7. The maximum absolute atomic E-state index is 15.6. The van der Waals surface area contributed by atoms with Crippen molar-refractivity contribution in [3.8, 4) is 0 Å². The van der Waals surface area contributed by atoms with Crippen molar-refractivity contribution in [2.24, 2.45) is 52.8 Å². The van der Waals surface area contributed by atoms with Crippen LogP contribution in [0.1, 0.15) is 59.4 Å². The number of ketones is 2. The third-order valence-electron chi connectivity index (χ3n) is 14.3. The molecule has 4 fully saturated rings. The number of allylic oxidation sites excluding steroid dienone is 6. The molecule has 4 N–H and O–H groups in total. The highest BCUT2D eigenvalue weighted by Crippen LogP contribution is 2.66. The Kier molecular flexibility index (Phi) is 10.1. The molecule has 6 aliphatic rings. The second-order valence-electron chi connectivity index (χ2n) is 17.4. The number of hydrogen-bond donors (Lipinski definition) is 4. The molecule has 1 amide bonds. The summed E-state index contributed by atoms with van der Waals surface area (Å²) >= 11 is 0. The van der Waals surface area contributed by atoms with Crippen molar-refractivity contribution < 1.29 is 34.1 Å². The third-order valence-corrected chi connectivity index (χ3v) is 14.3. The van der Waals surface area contributed by atoms with Crippen molar-refractivity contribution in [1.29, 1.82) is 0 Å². The number of aliphatic hydroxyl groups excluding tert-OH is 2. The van der Waals surface area contributed by atoms with E-state index in [0.29, 0.717) is 31.4 Å². The number of aromatic amines is 1. The minimum Gasteiger partial charge on any atom is -0.390 e. The Hall–Kier alpha value is -3.89. The van der Waals surface area contributed by atoms with Gasteiger partial charge in [0.25, 0.3) is 0 Å². The summed E-state index contributed by atoms with van der Waals surface area (Å²) in [6.45, 7) is 10.3. The van der Waals surface area contributed by atoms with E-state index < -0.39 is 53.0 Å². The number of aromatic nitrogens is 1. The molecule has 1 unspecified atom stereocenters. The van der Waals surface area contributed by atoms with Crippen molar-refractivity contribution in [3.63, 3.8) is 0 Å². The molecule has 0 bridgehead atoms. The van der Waals surface area contributed by atoms with Crippen LogP contribution in [-0.4, -0.2) is 75.3 Å². The van der Waals surface area contributed by atoms with Gasteiger partial charge in [-0.05, 0) is 75.0 Å². The van der Waals surface area contributed by atoms with Gasteiger partial charge in [0.1, 0.15) is 17.3 Å². The second kappa shape index (κ2) is 14.6. The highest BCUT2D eigenvalue weighted by atomic mass is 16.6. The molecule has 1 aromatic carbocycles. The van der Waals surface area contributed by atoms with E-state index in [1.54, 1.807) is 6.92 Å². The van der Waals surface area contributed by atoms with Crippen LogP contribution in [0.15, 0.2) is 90.7 Å². The number of ether oxygens (including phenoxy) is 2. The predicted molar refractivity (Wildman–Crippen MR) is 211 cm³/mol. The van der Waals surface area contributed by atoms with E-state index in [4.69, 9.17) is 9.47 Å². The van der Waals surface area contributed by atoms with E-state index in [-0.39, 0.29) is 59.7 Å². The molecule has 9 nitrogen and oxygen atoms in total. The van der Waals surface area contributed by atoms with Crippen LogP contribution in [0.25, 0.3) is 10.9 Å². The molecule has 0 radical (unpaired) electrons. The van der Waals surface area contributed by atoms with Gasteiger partial charge < -0.3 is 30.0 Å². The molecule has 55 heavy (non-hydrogen) atoms. The lowest BCUT2D eigenvalue weighted by atomic mass is 9.50. The summed E-state index contributed by atoms with van der Waals surface area (Å²) in [5.74, 6) is -3.80. The van der Waals surface area contributed by atoms with Gasteiger partial charge in [-0.3, -0.25) is 14.4 Å². The highest BCUT2D eigenvalue weighted by molar-refractivity contribution is 6.09. The van der Waals surface area contributed by atoms with Crippen molar-refractivity contribution in [2.75, 3.05) is 6.61 Å². The lowest BCUT2D eigenvalue weighted by Crippen LogP contribution is -2.59. The average Bonchev–Trinajstić information content (AvgIpc) is 3.38. The minimum absolute atomic E-state index is 0.00727. The molecule has 3 saturated heterocycles. The summed E-state index contributed by atoms with van der Waals surface area (Å²) in [5.41, 5.74) is 0.685. The predicted octanol–water partition coefficient (Wildman–Crippen LogP) is 5.98. The fourth-order valence-corrected chi connectivity index (χ4v) is 11.4.